The second kappa shape index (κ2) is 7.88. The maximum Gasteiger partial charge on any atom is 0.390 e. The number of nitrogens with one attached hydrogen (secondary N) is 1. The van der Waals surface area contributed by atoms with Crippen molar-refractivity contribution >= 4 is 5.91 Å². The number of likely N-dealkylation sites (tertiary alicyclic amines) is 1. The van der Waals surface area contributed by atoms with E-state index in [1.165, 1.54) is 7.11 Å². The molecule has 0 bridgehead atoms. The molecule has 1 aliphatic heterocycles. The average molecular weight is 344 g/mol. The first-order valence-electron chi connectivity index (χ1n) is 8.00. The largest absolute Gasteiger partial charge is 0.496 e. The smallest absolute Gasteiger partial charge is 0.390 e. The molecule has 134 valence electrons. The van der Waals surface area contributed by atoms with Gasteiger partial charge in [0.25, 0.3) is 5.91 Å². The summed E-state index contributed by atoms with van der Waals surface area (Å²) in [4.78, 5) is 14.1. The van der Waals surface area contributed by atoms with E-state index in [0.717, 1.165) is 12.0 Å². The van der Waals surface area contributed by atoms with Gasteiger partial charge in [0.15, 0.2) is 0 Å². The Balaban J connectivity index is 1.82. The predicted molar refractivity (Wildman–Crippen MR) is 85.3 cm³/mol. The van der Waals surface area contributed by atoms with E-state index >= 15 is 0 Å². The first kappa shape index (κ1) is 18.6. The third-order valence-electron chi connectivity index (χ3n) is 4.23. The number of amides is 1. The van der Waals surface area contributed by atoms with Gasteiger partial charge in [-0.1, -0.05) is 11.6 Å². The molecule has 0 aromatic heterocycles. The Labute approximate surface area is 140 Å². The monoisotopic (exact) mass is 344 g/mol. The fourth-order valence-electron chi connectivity index (χ4n) is 2.90. The van der Waals surface area contributed by atoms with Crippen LogP contribution in [0.15, 0.2) is 18.2 Å². The molecule has 4 nitrogen and oxygen atoms in total. The topological polar surface area (TPSA) is 41.6 Å². The van der Waals surface area contributed by atoms with Crippen molar-refractivity contribution in [2.24, 2.45) is 5.92 Å². The van der Waals surface area contributed by atoms with E-state index in [9.17, 15) is 18.0 Å². The Hall–Kier alpha value is -1.76. The van der Waals surface area contributed by atoms with E-state index in [4.69, 9.17) is 4.74 Å². The van der Waals surface area contributed by atoms with Crippen LogP contribution < -0.4 is 10.1 Å². The maximum atomic E-state index is 12.3. The zero-order valence-corrected chi connectivity index (χ0v) is 13.9. The van der Waals surface area contributed by atoms with Crippen molar-refractivity contribution in [1.82, 2.24) is 10.2 Å². The minimum atomic E-state index is -4.12. The van der Waals surface area contributed by atoms with Gasteiger partial charge >= 0.3 is 6.18 Å². The van der Waals surface area contributed by atoms with Crippen LogP contribution in [-0.2, 0) is 0 Å². The van der Waals surface area contributed by atoms with Crippen molar-refractivity contribution in [2.45, 2.75) is 25.9 Å². The fourth-order valence-corrected chi connectivity index (χ4v) is 2.90. The fraction of sp³-hybridized carbons (Fsp3) is 0.588. The van der Waals surface area contributed by atoms with Crippen LogP contribution in [-0.4, -0.2) is 50.3 Å². The molecule has 0 unspecified atom stereocenters. The molecule has 1 aromatic carbocycles. The number of aryl methyl sites for hydroxylation is 1. The molecule has 24 heavy (non-hydrogen) atoms. The molecule has 0 aliphatic carbocycles. The summed E-state index contributed by atoms with van der Waals surface area (Å²) in [6.07, 6.45) is -4.11. The Morgan fingerprint density at radius 3 is 2.83 bits per heavy atom. The number of hydrogen-bond acceptors (Lipinski definition) is 3. The van der Waals surface area contributed by atoms with Gasteiger partial charge in [0.1, 0.15) is 5.75 Å². The number of rotatable bonds is 6. The zero-order valence-electron chi connectivity index (χ0n) is 13.9. The molecule has 2 rings (SSSR count). The van der Waals surface area contributed by atoms with Crippen molar-refractivity contribution in [3.05, 3.63) is 29.3 Å². The molecular formula is C17H23F3N2O2. The highest BCUT2D eigenvalue weighted by Gasteiger charge is 2.30. The van der Waals surface area contributed by atoms with E-state index in [2.05, 4.69) is 5.32 Å². The third-order valence-corrected chi connectivity index (χ3v) is 4.23. The predicted octanol–water partition coefficient (Wildman–Crippen LogP) is 3.01. The number of ether oxygens (including phenoxy) is 1. The van der Waals surface area contributed by atoms with Crippen molar-refractivity contribution in [3.8, 4) is 5.75 Å². The number of halogens is 3. The first-order valence-corrected chi connectivity index (χ1v) is 8.00. The van der Waals surface area contributed by atoms with Gasteiger partial charge in [0.2, 0.25) is 0 Å². The zero-order chi connectivity index (χ0) is 17.7. The summed E-state index contributed by atoms with van der Waals surface area (Å²) < 4.78 is 42.0. The van der Waals surface area contributed by atoms with Crippen molar-refractivity contribution in [2.75, 3.05) is 33.3 Å². The first-order chi connectivity index (χ1) is 11.3. The lowest BCUT2D eigenvalue weighted by atomic mass is 10.1. The normalized spacial score (nSPS) is 18.6. The van der Waals surface area contributed by atoms with Gasteiger partial charge in [0.05, 0.1) is 19.1 Å². The molecule has 1 fully saturated rings. The molecule has 1 atom stereocenters. The van der Waals surface area contributed by atoms with E-state index in [1.54, 1.807) is 17.0 Å². The van der Waals surface area contributed by atoms with Gasteiger partial charge in [-0.2, -0.15) is 13.2 Å². The van der Waals surface area contributed by atoms with Crippen LogP contribution >= 0.6 is 0 Å². The molecule has 1 N–H and O–H groups in total. The van der Waals surface area contributed by atoms with Crippen LogP contribution in [0.4, 0.5) is 13.2 Å². The third kappa shape index (κ3) is 5.40. The summed E-state index contributed by atoms with van der Waals surface area (Å²) in [5, 5.41) is 2.87. The summed E-state index contributed by atoms with van der Waals surface area (Å²) in [5.74, 6) is 0.471. The van der Waals surface area contributed by atoms with Crippen LogP contribution in [0, 0.1) is 12.8 Å². The Kier molecular flexibility index (Phi) is 6.10. The van der Waals surface area contributed by atoms with Crippen LogP contribution in [0.2, 0.25) is 0 Å². The molecule has 0 spiro atoms. The lowest BCUT2D eigenvalue weighted by Gasteiger charge is -2.17. The minimum absolute atomic E-state index is 0.0274. The van der Waals surface area contributed by atoms with Crippen LogP contribution in [0.25, 0.3) is 0 Å². The summed E-state index contributed by atoms with van der Waals surface area (Å²) in [6.45, 7) is 3.61. The van der Waals surface area contributed by atoms with Crippen molar-refractivity contribution in [1.29, 1.82) is 0 Å². The van der Waals surface area contributed by atoms with E-state index in [0.29, 0.717) is 30.9 Å². The number of carbonyl (C=O) groups excluding carboxylic acids is 1. The quantitative estimate of drug-likeness (QED) is 0.863. The summed E-state index contributed by atoms with van der Waals surface area (Å²) in [7, 11) is 1.51. The minimum Gasteiger partial charge on any atom is -0.496 e. The van der Waals surface area contributed by atoms with E-state index < -0.39 is 12.6 Å². The highest BCUT2D eigenvalue weighted by atomic mass is 19.4. The van der Waals surface area contributed by atoms with Gasteiger partial charge in [-0.15, -0.1) is 0 Å². The Morgan fingerprint density at radius 2 is 2.17 bits per heavy atom. The van der Waals surface area contributed by atoms with Crippen LogP contribution in [0.1, 0.15) is 28.8 Å². The van der Waals surface area contributed by atoms with Gasteiger partial charge in [-0.05, 0) is 37.9 Å². The summed E-state index contributed by atoms with van der Waals surface area (Å²) in [5.41, 5.74) is 1.43. The van der Waals surface area contributed by atoms with E-state index in [-0.39, 0.29) is 18.4 Å². The van der Waals surface area contributed by atoms with Gasteiger partial charge in [-0.3, -0.25) is 4.79 Å². The molecule has 1 amide bonds. The number of alkyl halides is 3. The number of benzene rings is 1. The molecule has 7 heteroatoms. The Bertz CT molecular complexity index is 575. The number of hydrogen-bond donors (Lipinski definition) is 1. The maximum absolute atomic E-state index is 12.3. The number of methoxy groups -OCH3 is 1. The van der Waals surface area contributed by atoms with Crippen molar-refractivity contribution < 1.29 is 22.7 Å². The Morgan fingerprint density at radius 1 is 1.42 bits per heavy atom. The van der Waals surface area contributed by atoms with Gasteiger partial charge in [0, 0.05) is 19.6 Å². The summed E-state index contributed by atoms with van der Waals surface area (Å²) in [6, 6.07) is 5.38. The SMILES string of the molecule is COc1ccc(C)cc1C(=O)NC[C@@H]1CCN(CCC(F)(F)F)C1. The average Bonchev–Trinajstić information content (AvgIpc) is 2.98. The lowest BCUT2D eigenvalue weighted by molar-refractivity contribution is -0.137. The van der Waals surface area contributed by atoms with E-state index in [1.807, 2.05) is 13.0 Å². The standard InChI is InChI=1S/C17H23F3N2O2/c1-12-3-4-15(24-2)14(9-12)16(23)21-10-13-5-7-22(11-13)8-6-17(18,19)20/h3-4,9,13H,5-8,10-11H2,1-2H3,(H,21,23)/t13-/m0/s1. The molecule has 1 aromatic rings. The highest BCUT2D eigenvalue weighted by molar-refractivity contribution is 5.97. The molecule has 0 radical (unpaired) electrons. The lowest BCUT2D eigenvalue weighted by Crippen LogP contribution is -2.32. The highest BCUT2D eigenvalue weighted by Crippen LogP contribution is 2.23. The summed E-state index contributed by atoms with van der Waals surface area (Å²) >= 11 is 0. The van der Waals surface area contributed by atoms with Crippen molar-refractivity contribution in [3.63, 3.8) is 0 Å². The molecule has 1 saturated heterocycles. The second-order valence-electron chi connectivity index (χ2n) is 6.23. The molecule has 0 saturated carbocycles. The van der Waals surface area contributed by atoms with Gasteiger partial charge in [-0.25, -0.2) is 0 Å². The second-order valence-corrected chi connectivity index (χ2v) is 6.23. The molecule has 1 heterocycles. The molecular weight excluding hydrogens is 321 g/mol. The number of nitrogens with zero attached hydrogens (tertiary/aromatic N) is 1. The number of carbonyl (C=O) groups is 1. The van der Waals surface area contributed by atoms with Crippen LogP contribution in [0.5, 0.6) is 5.75 Å². The molecule has 1 aliphatic rings. The van der Waals surface area contributed by atoms with Crippen LogP contribution in [0.3, 0.4) is 0 Å². The van der Waals surface area contributed by atoms with Gasteiger partial charge < -0.3 is 15.0 Å².